The molecule has 35 heavy (non-hydrogen) atoms. The molecule has 0 aliphatic rings. The van der Waals surface area contributed by atoms with Crippen molar-refractivity contribution in [2.75, 3.05) is 7.11 Å². The molecule has 0 atom stereocenters. The quantitative estimate of drug-likeness (QED) is 0.214. The summed E-state index contributed by atoms with van der Waals surface area (Å²) in [7, 11) is 1.49. The highest BCUT2D eigenvalue weighted by atomic mass is 79.9. The van der Waals surface area contributed by atoms with Gasteiger partial charge in [0.2, 0.25) is 0 Å². The Morgan fingerprint density at radius 3 is 2.71 bits per heavy atom. The lowest BCUT2D eigenvalue weighted by atomic mass is 10.2. The first-order valence-electron chi connectivity index (χ1n) is 10.5. The predicted octanol–water partition coefficient (Wildman–Crippen LogP) is 6.75. The molecule has 0 bridgehead atoms. The van der Waals surface area contributed by atoms with Gasteiger partial charge in [-0.3, -0.25) is 4.79 Å². The lowest BCUT2D eigenvalue weighted by molar-refractivity contribution is 0.284. The van der Waals surface area contributed by atoms with Gasteiger partial charge in [-0.15, -0.1) is 0 Å². The van der Waals surface area contributed by atoms with Crippen LogP contribution in [0.5, 0.6) is 11.5 Å². The molecule has 180 valence electrons. The van der Waals surface area contributed by atoms with Gasteiger partial charge in [-0.25, -0.2) is 9.37 Å². The van der Waals surface area contributed by atoms with Crippen LogP contribution in [-0.4, -0.2) is 23.0 Å². The van der Waals surface area contributed by atoms with Crippen LogP contribution in [0.15, 0.2) is 67.4 Å². The van der Waals surface area contributed by atoms with E-state index >= 15 is 0 Å². The van der Waals surface area contributed by atoms with Gasteiger partial charge in [-0.1, -0.05) is 46.6 Å². The Labute approximate surface area is 222 Å². The van der Waals surface area contributed by atoms with Crippen LogP contribution in [0, 0.1) is 5.82 Å². The smallest absolute Gasteiger partial charge is 0.282 e. The molecule has 0 fully saturated rings. The fraction of sp³-hybridized carbons (Fsp3) is 0.160. The molecule has 4 aromatic rings. The van der Waals surface area contributed by atoms with E-state index in [0.717, 1.165) is 4.47 Å². The van der Waals surface area contributed by atoms with Crippen molar-refractivity contribution in [3.63, 3.8) is 0 Å². The summed E-state index contributed by atoms with van der Waals surface area (Å²) in [5.41, 5.74) is 1.53. The molecule has 0 amide bonds. The summed E-state index contributed by atoms with van der Waals surface area (Å²) in [6.45, 7) is 2.00. The average Bonchev–Trinajstić information content (AvgIpc) is 2.85. The third-order valence-electron chi connectivity index (χ3n) is 5.15. The van der Waals surface area contributed by atoms with E-state index in [1.165, 1.54) is 30.1 Å². The summed E-state index contributed by atoms with van der Waals surface area (Å²) in [4.78, 5) is 17.7. The summed E-state index contributed by atoms with van der Waals surface area (Å²) in [5, 5.41) is 5.12. The molecule has 0 spiro atoms. The van der Waals surface area contributed by atoms with Crippen molar-refractivity contribution in [1.82, 2.24) is 9.66 Å². The lowest BCUT2D eigenvalue weighted by Crippen LogP contribution is -2.22. The van der Waals surface area contributed by atoms with Crippen molar-refractivity contribution >= 4 is 60.6 Å². The zero-order chi connectivity index (χ0) is 25.1. The number of hydrogen-bond acceptors (Lipinski definition) is 5. The minimum Gasteiger partial charge on any atom is -0.493 e. The summed E-state index contributed by atoms with van der Waals surface area (Å²) in [5.74, 6) is 0.824. The van der Waals surface area contributed by atoms with Gasteiger partial charge in [-0.2, -0.15) is 9.78 Å². The summed E-state index contributed by atoms with van der Waals surface area (Å²) >= 11 is 13.4. The van der Waals surface area contributed by atoms with Crippen LogP contribution in [0.25, 0.3) is 10.9 Å². The van der Waals surface area contributed by atoms with E-state index in [1.807, 2.05) is 13.0 Å². The molecule has 1 heterocycles. The number of fused-ring (bicyclic) bond motifs is 1. The minimum absolute atomic E-state index is 0.0985. The molecular weight excluding hydrogens is 605 g/mol. The van der Waals surface area contributed by atoms with Crippen molar-refractivity contribution < 1.29 is 13.9 Å². The fourth-order valence-corrected chi connectivity index (χ4v) is 4.44. The number of hydrogen-bond donors (Lipinski definition) is 0. The standard InChI is InChI=1S/C25H19Br2ClFN3O3/c1-3-21-31-19-8-7-16(26)11-18(19)25(33)32(21)30-12-15-10-20(34-2)24(23(28)22(15)27)35-13-14-5-4-6-17(29)9-14/h4-12H,3,13H2,1-2H3. The zero-order valence-electron chi connectivity index (χ0n) is 18.7. The Balaban J connectivity index is 1.71. The number of halogens is 4. The Kier molecular flexibility index (Phi) is 7.88. The third-order valence-corrected chi connectivity index (χ3v) is 7.09. The molecule has 4 rings (SSSR count). The van der Waals surface area contributed by atoms with Gasteiger partial charge >= 0.3 is 0 Å². The van der Waals surface area contributed by atoms with Gasteiger partial charge in [0.25, 0.3) is 5.56 Å². The van der Waals surface area contributed by atoms with Crippen molar-refractivity contribution in [3.8, 4) is 11.5 Å². The normalized spacial score (nSPS) is 11.4. The van der Waals surface area contributed by atoms with Crippen LogP contribution in [0.2, 0.25) is 5.02 Å². The van der Waals surface area contributed by atoms with Crippen molar-refractivity contribution in [1.29, 1.82) is 0 Å². The molecule has 10 heteroatoms. The maximum Gasteiger partial charge on any atom is 0.282 e. The third kappa shape index (κ3) is 5.42. The predicted molar refractivity (Wildman–Crippen MR) is 143 cm³/mol. The monoisotopic (exact) mass is 621 g/mol. The second-order valence-corrected chi connectivity index (χ2v) is 9.53. The van der Waals surface area contributed by atoms with Gasteiger partial charge < -0.3 is 9.47 Å². The molecule has 0 unspecified atom stereocenters. The zero-order valence-corrected chi connectivity index (χ0v) is 22.6. The molecule has 0 saturated carbocycles. The Bertz CT molecular complexity index is 1510. The number of nitrogens with zero attached hydrogens (tertiary/aromatic N) is 3. The van der Waals surface area contributed by atoms with Gasteiger partial charge in [0.1, 0.15) is 23.3 Å². The molecular formula is C25H19Br2ClFN3O3. The minimum atomic E-state index is -0.353. The van der Waals surface area contributed by atoms with Crippen molar-refractivity contribution in [2.24, 2.45) is 5.10 Å². The Hall–Kier alpha value is -2.75. The van der Waals surface area contributed by atoms with E-state index in [2.05, 4.69) is 41.9 Å². The highest BCUT2D eigenvalue weighted by Crippen LogP contribution is 2.42. The van der Waals surface area contributed by atoms with Crippen LogP contribution >= 0.6 is 43.5 Å². The molecule has 0 radical (unpaired) electrons. The van der Waals surface area contributed by atoms with E-state index < -0.39 is 0 Å². The second-order valence-electron chi connectivity index (χ2n) is 7.45. The second kappa shape index (κ2) is 10.9. The highest BCUT2D eigenvalue weighted by Gasteiger charge is 2.18. The molecule has 0 saturated heterocycles. The lowest BCUT2D eigenvalue weighted by Gasteiger charge is -2.15. The van der Waals surface area contributed by atoms with E-state index in [4.69, 9.17) is 21.1 Å². The molecule has 1 aromatic heterocycles. The van der Waals surface area contributed by atoms with Crippen LogP contribution in [0.4, 0.5) is 4.39 Å². The summed E-state index contributed by atoms with van der Waals surface area (Å²) < 4.78 is 27.4. The van der Waals surface area contributed by atoms with Gasteiger partial charge in [0.15, 0.2) is 11.5 Å². The largest absolute Gasteiger partial charge is 0.493 e. The summed E-state index contributed by atoms with van der Waals surface area (Å²) in [6.07, 6.45) is 2.01. The highest BCUT2D eigenvalue weighted by molar-refractivity contribution is 9.10. The number of aromatic nitrogens is 2. The first kappa shape index (κ1) is 25.3. The van der Waals surface area contributed by atoms with Crippen LogP contribution in [0.3, 0.4) is 0 Å². The molecule has 6 nitrogen and oxygen atoms in total. The van der Waals surface area contributed by atoms with Gasteiger partial charge in [0.05, 0.1) is 24.2 Å². The fourth-order valence-electron chi connectivity index (χ4n) is 3.43. The number of rotatable bonds is 7. The van der Waals surface area contributed by atoms with Crippen molar-refractivity contribution in [3.05, 3.63) is 95.6 Å². The molecule has 0 N–H and O–H groups in total. The molecule has 0 aliphatic carbocycles. The SMILES string of the molecule is CCc1nc2ccc(Br)cc2c(=O)n1N=Cc1cc(OC)c(OCc2cccc(F)c2)c(Cl)c1Br. The summed E-state index contributed by atoms with van der Waals surface area (Å²) in [6, 6.07) is 13.1. The van der Waals surface area contributed by atoms with Crippen LogP contribution < -0.4 is 15.0 Å². The molecule has 0 aliphatic heterocycles. The first-order chi connectivity index (χ1) is 16.8. The number of benzene rings is 3. The molecule has 3 aromatic carbocycles. The van der Waals surface area contributed by atoms with Gasteiger partial charge in [0, 0.05) is 20.9 Å². The van der Waals surface area contributed by atoms with E-state index in [1.54, 1.807) is 30.3 Å². The van der Waals surface area contributed by atoms with Crippen LogP contribution in [0.1, 0.15) is 23.9 Å². The van der Waals surface area contributed by atoms with E-state index in [0.29, 0.717) is 50.2 Å². The number of aryl methyl sites for hydroxylation is 1. The first-order valence-corrected chi connectivity index (χ1v) is 12.5. The van der Waals surface area contributed by atoms with E-state index in [-0.39, 0.29) is 23.0 Å². The number of ether oxygens (including phenoxy) is 2. The van der Waals surface area contributed by atoms with E-state index in [9.17, 15) is 9.18 Å². The van der Waals surface area contributed by atoms with Gasteiger partial charge in [-0.05, 0) is 57.9 Å². The van der Waals surface area contributed by atoms with Crippen LogP contribution in [-0.2, 0) is 13.0 Å². The van der Waals surface area contributed by atoms with Crippen molar-refractivity contribution in [2.45, 2.75) is 20.0 Å². The maximum atomic E-state index is 13.5. The average molecular weight is 624 g/mol. The maximum absolute atomic E-state index is 13.5. The topological polar surface area (TPSA) is 65.7 Å². The number of methoxy groups -OCH3 is 1. The Morgan fingerprint density at radius 2 is 2.00 bits per heavy atom. The Morgan fingerprint density at radius 1 is 1.20 bits per heavy atom.